The predicted octanol–water partition coefficient (Wildman–Crippen LogP) is 7.52. The van der Waals surface area contributed by atoms with Gasteiger partial charge in [-0.3, -0.25) is 4.99 Å². The molecule has 4 aromatic rings. The molecule has 4 rings (SSSR count). The lowest BCUT2D eigenvalue weighted by Crippen LogP contribution is -1.99. The molecule has 0 unspecified atom stereocenters. The Balaban J connectivity index is 1.84. The summed E-state index contributed by atoms with van der Waals surface area (Å²) < 4.78 is 1.03. The number of benzene rings is 3. The van der Waals surface area contributed by atoms with E-state index in [1.54, 1.807) is 6.21 Å². The Morgan fingerprint density at radius 3 is 2.00 bits per heavy atom. The van der Waals surface area contributed by atoms with E-state index in [4.69, 9.17) is 9.97 Å². The van der Waals surface area contributed by atoms with E-state index in [-0.39, 0.29) is 0 Å². The van der Waals surface area contributed by atoms with Crippen molar-refractivity contribution >= 4 is 27.8 Å². The molecule has 0 saturated carbocycles. The molecule has 4 heteroatoms. The number of aliphatic imine (C=N–C) groups is 1. The Bertz CT molecular complexity index is 1170. The van der Waals surface area contributed by atoms with Crippen LogP contribution in [0.5, 0.6) is 0 Å². The first-order chi connectivity index (χ1) is 14.7. The van der Waals surface area contributed by atoms with Crippen molar-refractivity contribution in [2.75, 3.05) is 0 Å². The molecule has 0 N–H and O–H groups in total. The van der Waals surface area contributed by atoms with Crippen molar-refractivity contribution in [1.29, 1.82) is 0 Å². The lowest BCUT2D eigenvalue weighted by molar-refractivity contribution is 1.00. The lowest BCUT2D eigenvalue weighted by atomic mass is 10.0. The fourth-order valence-electron chi connectivity index (χ4n) is 3.39. The van der Waals surface area contributed by atoms with Gasteiger partial charge in [0.15, 0.2) is 5.82 Å². The maximum atomic E-state index is 4.93. The lowest BCUT2D eigenvalue weighted by Gasteiger charge is -2.13. The summed E-state index contributed by atoms with van der Waals surface area (Å²) in [4.78, 5) is 14.4. The molecule has 0 saturated heterocycles. The minimum absolute atomic E-state index is 0.719. The van der Waals surface area contributed by atoms with E-state index in [0.717, 1.165) is 44.9 Å². The van der Waals surface area contributed by atoms with Crippen molar-refractivity contribution in [2.45, 2.75) is 20.3 Å². The van der Waals surface area contributed by atoms with Crippen molar-refractivity contribution in [2.24, 2.45) is 4.99 Å². The van der Waals surface area contributed by atoms with Crippen molar-refractivity contribution < 1.29 is 0 Å². The van der Waals surface area contributed by atoms with Gasteiger partial charge in [0.25, 0.3) is 0 Å². The molecular formula is C26H22BrN3. The van der Waals surface area contributed by atoms with Gasteiger partial charge >= 0.3 is 0 Å². The molecule has 3 aromatic carbocycles. The summed E-state index contributed by atoms with van der Waals surface area (Å²) in [6.45, 7) is 4.02. The van der Waals surface area contributed by atoms with Crippen LogP contribution in [0.4, 0.5) is 5.69 Å². The van der Waals surface area contributed by atoms with E-state index >= 15 is 0 Å². The number of aromatic nitrogens is 2. The third-order valence-electron chi connectivity index (χ3n) is 4.92. The number of halogens is 1. The third kappa shape index (κ3) is 4.24. The van der Waals surface area contributed by atoms with Crippen LogP contribution in [0.3, 0.4) is 0 Å². The van der Waals surface area contributed by atoms with E-state index in [1.165, 1.54) is 11.1 Å². The summed E-state index contributed by atoms with van der Waals surface area (Å²) >= 11 is 3.50. The zero-order valence-electron chi connectivity index (χ0n) is 17.0. The van der Waals surface area contributed by atoms with Crippen LogP contribution in [0.2, 0.25) is 0 Å². The van der Waals surface area contributed by atoms with Crippen molar-refractivity contribution in [3.05, 3.63) is 89.0 Å². The van der Waals surface area contributed by atoms with Crippen molar-refractivity contribution in [3.63, 3.8) is 0 Å². The summed E-state index contributed by atoms with van der Waals surface area (Å²) in [5.41, 5.74) is 7.04. The van der Waals surface area contributed by atoms with Crippen molar-refractivity contribution in [1.82, 2.24) is 9.97 Å². The summed E-state index contributed by atoms with van der Waals surface area (Å²) in [5, 5.41) is 0. The summed E-state index contributed by atoms with van der Waals surface area (Å²) in [6, 6.07) is 27.0. The van der Waals surface area contributed by atoms with E-state index in [1.807, 2.05) is 37.3 Å². The normalized spacial score (nSPS) is 11.2. The quantitative estimate of drug-likeness (QED) is 0.291. The number of aryl methyl sites for hydroxylation is 1. The molecule has 1 aromatic heterocycles. The highest BCUT2D eigenvalue weighted by atomic mass is 79.9. The summed E-state index contributed by atoms with van der Waals surface area (Å²) in [6.07, 6.45) is 2.59. The van der Waals surface area contributed by atoms with E-state index in [9.17, 15) is 0 Å². The van der Waals surface area contributed by atoms with Gasteiger partial charge in [-0.15, -0.1) is 0 Å². The molecule has 0 aliphatic heterocycles. The van der Waals surface area contributed by atoms with Crippen LogP contribution in [0.1, 0.15) is 19.5 Å². The Hall–Kier alpha value is -3.11. The highest BCUT2D eigenvalue weighted by molar-refractivity contribution is 9.10. The van der Waals surface area contributed by atoms with E-state index < -0.39 is 0 Å². The Morgan fingerprint density at radius 2 is 1.37 bits per heavy atom. The number of nitrogens with zero attached hydrogens (tertiary/aromatic N) is 3. The number of hydrogen-bond acceptors (Lipinski definition) is 3. The first-order valence-corrected chi connectivity index (χ1v) is 10.8. The second kappa shape index (κ2) is 9.14. The van der Waals surface area contributed by atoms with Gasteiger partial charge in [-0.05, 0) is 36.6 Å². The molecule has 30 heavy (non-hydrogen) atoms. The molecule has 3 nitrogen and oxygen atoms in total. The van der Waals surface area contributed by atoms with Gasteiger partial charge < -0.3 is 0 Å². The largest absolute Gasteiger partial charge is 0.257 e. The van der Waals surface area contributed by atoms with Crippen LogP contribution in [-0.4, -0.2) is 16.2 Å². The average Bonchev–Trinajstić information content (AvgIpc) is 2.80. The Morgan fingerprint density at radius 1 is 0.767 bits per heavy atom. The second-order valence-electron chi connectivity index (χ2n) is 6.88. The monoisotopic (exact) mass is 455 g/mol. The van der Waals surface area contributed by atoms with Gasteiger partial charge in [-0.25, -0.2) is 9.97 Å². The minimum atomic E-state index is 0.719. The molecule has 0 spiro atoms. The third-order valence-corrected chi connectivity index (χ3v) is 5.45. The SMILES string of the molecule is CC=Nc1c(CC)nc(-c2ccc(Br)cc2)nc1-c1ccc(-c2ccccc2)cc1. The van der Waals surface area contributed by atoms with Gasteiger partial charge in [-0.1, -0.05) is 89.6 Å². The van der Waals surface area contributed by atoms with Gasteiger partial charge in [0, 0.05) is 21.8 Å². The molecule has 0 bridgehead atoms. The minimum Gasteiger partial charge on any atom is -0.257 e. The molecule has 1 heterocycles. The van der Waals surface area contributed by atoms with E-state index in [2.05, 4.69) is 76.4 Å². The van der Waals surface area contributed by atoms with Gasteiger partial charge in [0.05, 0.1) is 5.69 Å². The predicted molar refractivity (Wildman–Crippen MR) is 129 cm³/mol. The first-order valence-electron chi connectivity index (χ1n) is 10.0. The first kappa shape index (κ1) is 20.2. The fourth-order valence-corrected chi connectivity index (χ4v) is 3.66. The topological polar surface area (TPSA) is 38.1 Å². The summed E-state index contributed by atoms with van der Waals surface area (Å²) in [5.74, 6) is 0.719. The molecular weight excluding hydrogens is 434 g/mol. The molecule has 0 aliphatic rings. The average molecular weight is 456 g/mol. The van der Waals surface area contributed by atoms with Crippen molar-refractivity contribution in [3.8, 4) is 33.8 Å². The fraction of sp³-hybridized carbons (Fsp3) is 0.115. The van der Waals surface area contributed by atoms with Gasteiger partial charge in [0.2, 0.25) is 0 Å². The molecule has 0 fully saturated rings. The second-order valence-corrected chi connectivity index (χ2v) is 7.80. The standard InChI is InChI=1S/C26H22BrN3/c1-3-23-25(28-4-2)24(30-26(29-23)21-14-16-22(27)17-15-21)20-12-10-19(11-13-20)18-8-6-5-7-9-18/h4-17H,3H2,1-2H3. The smallest absolute Gasteiger partial charge is 0.160 e. The summed E-state index contributed by atoms with van der Waals surface area (Å²) in [7, 11) is 0. The Kier molecular flexibility index (Phi) is 6.15. The Labute approximate surface area is 185 Å². The van der Waals surface area contributed by atoms with Crippen LogP contribution in [-0.2, 0) is 6.42 Å². The van der Waals surface area contributed by atoms with Crippen LogP contribution in [0.25, 0.3) is 33.8 Å². The van der Waals surface area contributed by atoms with E-state index in [0.29, 0.717) is 0 Å². The highest BCUT2D eigenvalue weighted by Gasteiger charge is 2.15. The van der Waals surface area contributed by atoms with Crippen LogP contribution < -0.4 is 0 Å². The maximum absolute atomic E-state index is 4.93. The zero-order valence-corrected chi connectivity index (χ0v) is 18.6. The number of rotatable bonds is 5. The molecule has 0 atom stereocenters. The zero-order chi connectivity index (χ0) is 20.9. The molecule has 0 aliphatic carbocycles. The molecule has 0 radical (unpaired) electrons. The van der Waals surface area contributed by atoms with Gasteiger partial charge in [-0.2, -0.15) is 0 Å². The molecule has 0 amide bonds. The number of hydrogen-bond donors (Lipinski definition) is 0. The van der Waals surface area contributed by atoms with Gasteiger partial charge in [0.1, 0.15) is 11.4 Å². The van der Waals surface area contributed by atoms with Crippen LogP contribution >= 0.6 is 15.9 Å². The molecule has 148 valence electrons. The maximum Gasteiger partial charge on any atom is 0.160 e. The van der Waals surface area contributed by atoms with Crippen LogP contribution in [0, 0.1) is 0 Å². The van der Waals surface area contributed by atoms with Crippen LogP contribution in [0.15, 0.2) is 88.3 Å². The highest BCUT2D eigenvalue weighted by Crippen LogP contribution is 2.34.